The molecule has 0 atom stereocenters. The molecule has 1 amide bonds. The molecule has 2 aromatic carbocycles. The minimum Gasteiger partial charge on any atom is -0.321 e. The largest absolute Gasteiger partial charge is 0.321 e. The predicted octanol–water partition coefficient (Wildman–Crippen LogP) is 4.70. The number of halogens is 1. The Balaban J connectivity index is 2.16. The van der Waals surface area contributed by atoms with Crippen molar-refractivity contribution in [2.24, 2.45) is 0 Å². The van der Waals surface area contributed by atoms with E-state index in [0.29, 0.717) is 10.6 Å². The van der Waals surface area contributed by atoms with Gasteiger partial charge in [0.1, 0.15) is 0 Å². The van der Waals surface area contributed by atoms with Crippen LogP contribution < -0.4 is 5.32 Å². The predicted molar refractivity (Wildman–Crippen MR) is 82.2 cm³/mol. The fourth-order valence-corrected chi connectivity index (χ4v) is 2.53. The summed E-state index contributed by atoms with van der Waals surface area (Å²) < 4.78 is 0. The van der Waals surface area contributed by atoms with Crippen LogP contribution in [-0.2, 0) is 0 Å². The fourth-order valence-electron chi connectivity index (χ4n) is 1.65. The van der Waals surface area contributed by atoms with Gasteiger partial charge >= 0.3 is 0 Å². The lowest BCUT2D eigenvalue weighted by Crippen LogP contribution is -2.12. The lowest BCUT2D eigenvalue weighted by Gasteiger charge is -2.10. The quantitative estimate of drug-likeness (QED) is 0.827. The summed E-state index contributed by atoms with van der Waals surface area (Å²) in [7, 11) is 0. The van der Waals surface area contributed by atoms with Crippen LogP contribution in [0.5, 0.6) is 0 Å². The smallest absolute Gasteiger partial charge is 0.255 e. The third-order valence-corrected chi connectivity index (χ3v) is 3.75. The number of rotatable bonds is 4. The molecule has 98 valence electrons. The van der Waals surface area contributed by atoms with Crippen LogP contribution in [-0.4, -0.2) is 11.7 Å². The van der Waals surface area contributed by atoms with Crippen molar-refractivity contribution < 1.29 is 4.79 Å². The number of benzene rings is 2. The SMILES string of the molecule is CCSc1ccccc1NC(=O)c1ccc(Cl)cc1. The van der Waals surface area contributed by atoms with Gasteiger partial charge < -0.3 is 5.32 Å². The first-order valence-electron chi connectivity index (χ1n) is 5.99. The van der Waals surface area contributed by atoms with E-state index in [1.165, 1.54) is 0 Å². The van der Waals surface area contributed by atoms with E-state index in [4.69, 9.17) is 11.6 Å². The molecule has 0 fully saturated rings. The van der Waals surface area contributed by atoms with Crippen molar-refractivity contribution in [3.05, 3.63) is 59.1 Å². The number of anilines is 1. The Kier molecular flexibility index (Phi) is 4.88. The van der Waals surface area contributed by atoms with E-state index in [1.54, 1.807) is 36.0 Å². The maximum absolute atomic E-state index is 12.1. The summed E-state index contributed by atoms with van der Waals surface area (Å²) in [6.45, 7) is 2.09. The Morgan fingerprint density at radius 2 is 1.84 bits per heavy atom. The van der Waals surface area contributed by atoms with Crippen molar-refractivity contribution in [1.82, 2.24) is 0 Å². The second-order valence-electron chi connectivity index (χ2n) is 3.89. The third kappa shape index (κ3) is 3.75. The number of nitrogens with one attached hydrogen (secondary N) is 1. The molecule has 0 spiro atoms. The van der Waals surface area contributed by atoms with Gasteiger partial charge in [0.2, 0.25) is 0 Å². The van der Waals surface area contributed by atoms with E-state index in [9.17, 15) is 4.79 Å². The molecule has 4 heteroatoms. The van der Waals surface area contributed by atoms with E-state index < -0.39 is 0 Å². The number of para-hydroxylation sites is 1. The summed E-state index contributed by atoms with van der Waals surface area (Å²) in [4.78, 5) is 13.2. The maximum atomic E-state index is 12.1. The third-order valence-electron chi connectivity index (χ3n) is 2.54. The summed E-state index contributed by atoms with van der Waals surface area (Å²) in [5, 5.41) is 3.55. The Labute approximate surface area is 122 Å². The van der Waals surface area contributed by atoms with E-state index in [1.807, 2.05) is 24.3 Å². The summed E-state index contributed by atoms with van der Waals surface area (Å²) in [5.74, 6) is 0.842. The molecule has 0 aromatic heterocycles. The molecule has 19 heavy (non-hydrogen) atoms. The van der Waals surface area contributed by atoms with Crippen LogP contribution in [0.4, 0.5) is 5.69 Å². The molecule has 0 unspecified atom stereocenters. The molecular weight excluding hydrogens is 278 g/mol. The zero-order valence-electron chi connectivity index (χ0n) is 10.5. The molecule has 2 aromatic rings. The molecule has 0 bridgehead atoms. The first-order chi connectivity index (χ1) is 9.20. The normalized spacial score (nSPS) is 10.2. The van der Waals surface area contributed by atoms with Gasteiger partial charge in [-0.15, -0.1) is 11.8 Å². The second-order valence-corrected chi connectivity index (χ2v) is 5.63. The first kappa shape index (κ1) is 14.0. The number of thioether (sulfide) groups is 1. The van der Waals surface area contributed by atoms with E-state index >= 15 is 0 Å². The number of hydrogen-bond donors (Lipinski definition) is 1. The molecule has 0 radical (unpaired) electrons. The van der Waals surface area contributed by atoms with Gasteiger partial charge in [0, 0.05) is 15.5 Å². The highest BCUT2D eigenvalue weighted by Gasteiger charge is 2.08. The lowest BCUT2D eigenvalue weighted by molar-refractivity contribution is 0.102. The zero-order valence-corrected chi connectivity index (χ0v) is 12.1. The van der Waals surface area contributed by atoms with E-state index in [2.05, 4.69) is 12.2 Å². The monoisotopic (exact) mass is 291 g/mol. The van der Waals surface area contributed by atoms with Crippen LogP contribution >= 0.6 is 23.4 Å². The molecule has 0 saturated carbocycles. The minimum atomic E-state index is -0.124. The Morgan fingerprint density at radius 1 is 1.16 bits per heavy atom. The van der Waals surface area contributed by atoms with E-state index in [-0.39, 0.29) is 5.91 Å². The van der Waals surface area contributed by atoms with Crippen molar-refractivity contribution in [1.29, 1.82) is 0 Å². The fraction of sp³-hybridized carbons (Fsp3) is 0.133. The average Bonchev–Trinajstić information content (AvgIpc) is 2.42. The first-order valence-corrected chi connectivity index (χ1v) is 7.36. The Bertz CT molecular complexity index is 569. The summed E-state index contributed by atoms with van der Waals surface area (Å²) >= 11 is 7.51. The van der Waals surface area contributed by atoms with Crippen molar-refractivity contribution >= 4 is 35.0 Å². The average molecular weight is 292 g/mol. The number of carbonyl (C=O) groups excluding carboxylic acids is 1. The number of carbonyl (C=O) groups is 1. The molecule has 2 nitrogen and oxygen atoms in total. The highest BCUT2D eigenvalue weighted by atomic mass is 35.5. The van der Waals surface area contributed by atoms with Gasteiger partial charge in [-0.25, -0.2) is 0 Å². The van der Waals surface area contributed by atoms with Crippen molar-refractivity contribution in [3.63, 3.8) is 0 Å². The summed E-state index contributed by atoms with van der Waals surface area (Å²) in [6.07, 6.45) is 0. The highest BCUT2D eigenvalue weighted by molar-refractivity contribution is 7.99. The Hall–Kier alpha value is -1.45. The van der Waals surface area contributed by atoms with Crippen LogP contribution in [0, 0.1) is 0 Å². The van der Waals surface area contributed by atoms with Gasteiger partial charge in [-0.05, 0) is 42.2 Å². The molecule has 0 aliphatic rings. The van der Waals surface area contributed by atoms with Crippen LogP contribution in [0.15, 0.2) is 53.4 Å². The molecule has 0 aliphatic carbocycles. The van der Waals surface area contributed by atoms with Crippen LogP contribution in [0.2, 0.25) is 5.02 Å². The van der Waals surface area contributed by atoms with Crippen molar-refractivity contribution in [2.75, 3.05) is 11.1 Å². The number of hydrogen-bond acceptors (Lipinski definition) is 2. The zero-order chi connectivity index (χ0) is 13.7. The molecular formula is C15H14ClNOS. The van der Waals surface area contributed by atoms with E-state index in [0.717, 1.165) is 16.3 Å². The van der Waals surface area contributed by atoms with Gasteiger partial charge in [-0.2, -0.15) is 0 Å². The molecule has 2 rings (SSSR count). The van der Waals surface area contributed by atoms with Gasteiger partial charge in [0.15, 0.2) is 0 Å². The lowest BCUT2D eigenvalue weighted by atomic mass is 10.2. The topological polar surface area (TPSA) is 29.1 Å². The highest BCUT2D eigenvalue weighted by Crippen LogP contribution is 2.27. The van der Waals surface area contributed by atoms with Crippen molar-refractivity contribution in [2.45, 2.75) is 11.8 Å². The molecule has 0 aliphatic heterocycles. The minimum absolute atomic E-state index is 0.124. The Morgan fingerprint density at radius 3 is 2.53 bits per heavy atom. The summed E-state index contributed by atoms with van der Waals surface area (Å²) in [6, 6.07) is 14.7. The van der Waals surface area contributed by atoms with Crippen LogP contribution in [0.25, 0.3) is 0 Å². The molecule has 0 heterocycles. The van der Waals surface area contributed by atoms with Gasteiger partial charge in [0.25, 0.3) is 5.91 Å². The van der Waals surface area contributed by atoms with Crippen LogP contribution in [0.3, 0.4) is 0 Å². The van der Waals surface area contributed by atoms with Gasteiger partial charge in [0.05, 0.1) is 5.69 Å². The molecule has 1 N–H and O–H groups in total. The molecule has 0 saturated heterocycles. The van der Waals surface area contributed by atoms with Crippen LogP contribution in [0.1, 0.15) is 17.3 Å². The second kappa shape index (κ2) is 6.64. The number of amides is 1. The van der Waals surface area contributed by atoms with Gasteiger partial charge in [-0.3, -0.25) is 4.79 Å². The van der Waals surface area contributed by atoms with Crippen molar-refractivity contribution in [3.8, 4) is 0 Å². The maximum Gasteiger partial charge on any atom is 0.255 e. The summed E-state index contributed by atoms with van der Waals surface area (Å²) in [5.41, 5.74) is 1.44. The van der Waals surface area contributed by atoms with Gasteiger partial charge in [-0.1, -0.05) is 30.7 Å². The standard InChI is InChI=1S/C15H14ClNOS/c1-2-19-14-6-4-3-5-13(14)17-15(18)11-7-9-12(16)10-8-11/h3-10H,2H2,1H3,(H,17,18).